The second kappa shape index (κ2) is 3.95. The van der Waals surface area contributed by atoms with Gasteiger partial charge in [-0.05, 0) is 6.92 Å². The van der Waals surface area contributed by atoms with E-state index in [0.717, 1.165) is 6.26 Å². The van der Waals surface area contributed by atoms with E-state index in [1.54, 1.807) is 7.05 Å². The van der Waals surface area contributed by atoms with Crippen LogP contribution in [-0.4, -0.2) is 24.6 Å². The second-order valence-corrected chi connectivity index (χ2v) is 1.56. The number of amides is 1. The fraction of sp³-hybridized carbons (Fsp3) is 0.500. The number of carbonyl (C=O) groups is 1. The summed E-state index contributed by atoms with van der Waals surface area (Å²) in [5.74, 6) is 0. The number of hydrogen-bond donors (Lipinski definition) is 0. The van der Waals surface area contributed by atoms with Gasteiger partial charge in [-0.3, -0.25) is 0 Å². The third kappa shape index (κ3) is 2.74. The molecule has 3 nitrogen and oxygen atoms in total. The average molecular weight is 129 g/mol. The van der Waals surface area contributed by atoms with Crippen molar-refractivity contribution in [1.82, 2.24) is 4.90 Å². The first-order chi connectivity index (χ1) is 4.22. The van der Waals surface area contributed by atoms with Crippen LogP contribution in [0.25, 0.3) is 0 Å². The summed E-state index contributed by atoms with van der Waals surface area (Å²) in [4.78, 5) is 12.1. The van der Waals surface area contributed by atoms with Gasteiger partial charge in [0.15, 0.2) is 0 Å². The lowest BCUT2D eigenvalue weighted by atomic mass is 10.7. The maximum absolute atomic E-state index is 10.6. The standard InChI is InChI=1S/C6H11NO2/c1-4-7(3)6(8)9-5-2/h5H,2,4H2,1,3H3. The first kappa shape index (κ1) is 8.01. The molecule has 0 rings (SSSR count). The lowest BCUT2D eigenvalue weighted by Gasteiger charge is -2.10. The minimum Gasteiger partial charge on any atom is -0.419 e. The molecule has 1 amide bonds. The molecule has 0 N–H and O–H groups in total. The van der Waals surface area contributed by atoms with Gasteiger partial charge in [-0.25, -0.2) is 4.79 Å². The van der Waals surface area contributed by atoms with Crippen LogP contribution in [0.5, 0.6) is 0 Å². The summed E-state index contributed by atoms with van der Waals surface area (Å²) in [7, 11) is 1.66. The molecule has 0 saturated carbocycles. The minimum absolute atomic E-state index is 0.368. The predicted octanol–water partition coefficient (Wildman–Crippen LogP) is 1.22. The van der Waals surface area contributed by atoms with Crippen molar-refractivity contribution in [3.8, 4) is 0 Å². The van der Waals surface area contributed by atoms with Crippen molar-refractivity contribution in [1.29, 1.82) is 0 Å². The Morgan fingerprint density at radius 1 is 1.89 bits per heavy atom. The van der Waals surface area contributed by atoms with Gasteiger partial charge in [0.25, 0.3) is 0 Å². The largest absolute Gasteiger partial charge is 0.419 e. The van der Waals surface area contributed by atoms with Gasteiger partial charge < -0.3 is 9.64 Å². The van der Waals surface area contributed by atoms with Crippen LogP contribution in [0.15, 0.2) is 12.8 Å². The van der Waals surface area contributed by atoms with Crippen LogP contribution in [0.2, 0.25) is 0 Å². The molecule has 0 bridgehead atoms. The molecule has 0 unspecified atom stereocenters. The van der Waals surface area contributed by atoms with Crippen LogP contribution in [0.3, 0.4) is 0 Å². The van der Waals surface area contributed by atoms with Gasteiger partial charge >= 0.3 is 6.09 Å². The Balaban J connectivity index is 3.58. The van der Waals surface area contributed by atoms with E-state index in [1.807, 2.05) is 6.92 Å². The van der Waals surface area contributed by atoms with E-state index in [1.165, 1.54) is 4.90 Å². The molecule has 0 aliphatic carbocycles. The van der Waals surface area contributed by atoms with Crippen molar-refractivity contribution in [2.24, 2.45) is 0 Å². The van der Waals surface area contributed by atoms with E-state index in [9.17, 15) is 4.79 Å². The van der Waals surface area contributed by atoms with Crippen molar-refractivity contribution >= 4 is 6.09 Å². The van der Waals surface area contributed by atoms with Crippen LogP contribution in [0.4, 0.5) is 4.79 Å². The molecule has 0 fully saturated rings. The Morgan fingerprint density at radius 2 is 2.44 bits per heavy atom. The Morgan fingerprint density at radius 3 is 2.78 bits per heavy atom. The Bertz CT molecular complexity index is 112. The van der Waals surface area contributed by atoms with E-state index in [-0.39, 0.29) is 6.09 Å². The van der Waals surface area contributed by atoms with E-state index in [0.29, 0.717) is 6.54 Å². The van der Waals surface area contributed by atoms with Gasteiger partial charge in [0.2, 0.25) is 0 Å². The number of rotatable bonds is 2. The van der Waals surface area contributed by atoms with E-state index in [2.05, 4.69) is 11.3 Å². The van der Waals surface area contributed by atoms with Crippen LogP contribution in [0, 0.1) is 0 Å². The highest BCUT2D eigenvalue weighted by molar-refractivity contribution is 5.67. The van der Waals surface area contributed by atoms with Gasteiger partial charge in [0.1, 0.15) is 0 Å². The first-order valence-electron chi connectivity index (χ1n) is 2.75. The molecule has 0 spiro atoms. The highest BCUT2D eigenvalue weighted by Crippen LogP contribution is 1.87. The summed E-state index contributed by atoms with van der Waals surface area (Å²) in [6.07, 6.45) is 0.751. The zero-order chi connectivity index (χ0) is 7.28. The number of hydrogen-bond acceptors (Lipinski definition) is 2. The Hall–Kier alpha value is -0.990. The minimum atomic E-state index is -0.368. The molecule has 3 heteroatoms. The molecule has 0 aliphatic rings. The summed E-state index contributed by atoms with van der Waals surface area (Å²) in [6, 6.07) is 0. The monoisotopic (exact) mass is 129 g/mol. The Kier molecular flexibility index (Phi) is 3.51. The van der Waals surface area contributed by atoms with Crippen LogP contribution in [0.1, 0.15) is 6.92 Å². The number of carbonyl (C=O) groups excluding carboxylic acids is 1. The molecule has 0 atom stereocenters. The van der Waals surface area contributed by atoms with Crippen LogP contribution in [-0.2, 0) is 4.74 Å². The normalized spacial score (nSPS) is 8.22. The van der Waals surface area contributed by atoms with Crippen molar-refractivity contribution in [3.63, 3.8) is 0 Å². The van der Waals surface area contributed by atoms with Gasteiger partial charge in [0.05, 0.1) is 6.26 Å². The SMILES string of the molecule is C=COC(=O)N(C)CC. The highest BCUT2D eigenvalue weighted by Gasteiger charge is 2.03. The van der Waals surface area contributed by atoms with Gasteiger partial charge in [-0.2, -0.15) is 0 Å². The van der Waals surface area contributed by atoms with Crippen molar-refractivity contribution in [2.75, 3.05) is 13.6 Å². The molecule has 0 aliphatic heterocycles. The van der Waals surface area contributed by atoms with E-state index >= 15 is 0 Å². The lowest BCUT2D eigenvalue weighted by molar-refractivity contribution is 0.150. The summed E-state index contributed by atoms with van der Waals surface area (Å²) < 4.78 is 4.45. The van der Waals surface area contributed by atoms with Gasteiger partial charge in [-0.15, -0.1) is 0 Å². The fourth-order valence-corrected chi connectivity index (χ4v) is 0.290. The van der Waals surface area contributed by atoms with E-state index in [4.69, 9.17) is 0 Å². The van der Waals surface area contributed by atoms with Crippen molar-refractivity contribution in [2.45, 2.75) is 6.92 Å². The van der Waals surface area contributed by atoms with Crippen LogP contribution >= 0.6 is 0 Å². The molecule has 0 aromatic carbocycles. The molecular formula is C6H11NO2. The smallest absolute Gasteiger partial charge is 0.414 e. The van der Waals surface area contributed by atoms with Gasteiger partial charge in [-0.1, -0.05) is 6.58 Å². The zero-order valence-corrected chi connectivity index (χ0v) is 5.76. The summed E-state index contributed by atoms with van der Waals surface area (Å²) >= 11 is 0. The predicted molar refractivity (Wildman–Crippen MR) is 35.0 cm³/mol. The zero-order valence-electron chi connectivity index (χ0n) is 5.76. The Labute approximate surface area is 54.9 Å². The first-order valence-corrected chi connectivity index (χ1v) is 2.75. The molecular weight excluding hydrogens is 118 g/mol. The molecule has 0 radical (unpaired) electrons. The number of nitrogens with zero attached hydrogens (tertiary/aromatic N) is 1. The average Bonchev–Trinajstić information content (AvgIpc) is 1.87. The molecule has 0 saturated heterocycles. The van der Waals surface area contributed by atoms with E-state index < -0.39 is 0 Å². The van der Waals surface area contributed by atoms with Crippen LogP contribution < -0.4 is 0 Å². The number of ether oxygens (including phenoxy) is 1. The second-order valence-electron chi connectivity index (χ2n) is 1.56. The quantitative estimate of drug-likeness (QED) is 0.524. The molecule has 0 aromatic rings. The molecule has 0 heterocycles. The third-order valence-corrected chi connectivity index (χ3v) is 0.970. The lowest BCUT2D eigenvalue weighted by Crippen LogP contribution is -2.25. The van der Waals surface area contributed by atoms with Crippen molar-refractivity contribution < 1.29 is 9.53 Å². The van der Waals surface area contributed by atoms with Crippen molar-refractivity contribution in [3.05, 3.63) is 12.8 Å². The molecule has 9 heavy (non-hydrogen) atoms. The maximum atomic E-state index is 10.6. The fourth-order valence-electron chi connectivity index (χ4n) is 0.290. The molecule has 0 aromatic heterocycles. The topological polar surface area (TPSA) is 29.5 Å². The molecule has 52 valence electrons. The maximum Gasteiger partial charge on any atom is 0.414 e. The third-order valence-electron chi connectivity index (χ3n) is 0.970. The summed E-state index contributed by atoms with van der Waals surface area (Å²) in [6.45, 7) is 5.76. The summed E-state index contributed by atoms with van der Waals surface area (Å²) in [5, 5.41) is 0. The highest BCUT2D eigenvalue weighted by atomic mass is 16.5. The van der Waals surface area contributed by atoms with Gasteiger partial charge in [0, 0.05) is 13.6 Å². The summed E-state index contributed by atoms with van der Waals surface area (Å²) in [5.41, 5.74) is 0.